The lowest BCUT2D eigenvalue weighted by molar-refractivity contribution is -0.119. The number of carbonyl (C=O) groups is 1. The summed E-state index contributed by atoms with van der Waals surface area (Å²) in [7, 11) is 1.56. The number of nitrogens with two attached hydrogens (primary N) is 1. The van der Waals surface area contributed by atoms with Crippen LogP contribution in [0.15, 0.2) is 34.8 Å². The fourth-order valence-electron chi connectivity index (χ4n) is 1.37. The monoisotopic (exact) mass is 308 g/mol. The van der Waals surface area contributed by atoms with E-state index in [4.69, 9.17) is 10.5 Å². The molecular weight excluding hydrogens is 288 g/mol. The van der Waals surface area contributed by atoms with Crippen molar-refractivity contribution in [2.45, 2.75) is 13.3 Å². The van der Waals surface area contributed by atoms with Crippen molar-refractivity contribution in [3.8, 4) is 5.75 Å². The molecule has 114 valence electrons. The Balaban J connectivity index is 2.77. The van der Waals surface area contributed by atoms with Gasteiger partial charge < -0.3 is 15.8 Å². The number of carbonyl (C=O) groups excluding carboxylic acids is 1. The lowest BCUT2D eigenvalue weighted by Crippen LogP contribution is -2.26. The van der Waals surface area contributed by atoms with Crippen molar-refractivity contribution in [2.24, 2.45) is 10.7 Å². The van der Waals surface area contributed by atoms with E-state index in [0.29, 0.717) is 29.3 Å². The molecule has 0 saturated heterocycles. The number of rotatable bonds is 7. The van der Waals surface area contributed by atoms with Crippen LogP contribution in [-0.2, 0) is 4.79 Å². The van der Waals surface area contributed by atoms with E-state index in [9.17, 15) is 4.79 Å². The first kappa shape index (κ1) is 17.0. The zero-order valence-corrected chi connectivity index (χ0v) is 13.2. The average molecular weight is 308 g/mol. The normalized spacial score (nSPS) is 12.1. The number of thioether (sulfide) groups is 1. The molecular formula is C14H20N4O2S. The summed E-state index contributed by atoms with van der Waals surface area (Å²) >= 11 is 1.62. The largest absolute Gasteiger partial charge is 0.495 e. The van der Waals surface area contributed by atoms with Crippen molar-refractivity contribution in [2.75, 3.05) is 19.1 Å². The van der Waals surface area contributed by atoms with Crippen LogP contribution in [0.5, 0.6) is 5.75 Å². The number of amides is 1. The molecule has 0 aromatic carbocycles. The number of allylic oxidation sites excluding steroid dienone is 2. The molecule has 0 aliphatic rings. The van der Waals surface area contributed by atoms with Crippen LogP contribution < -0.4 is 15.8 Å². The Kier molecular flexibility index (Phi) is 7.31. The zero-order chi connectivity index (χ0) is 15.7. The van der Waals surface area contributed by atoms with Crippen molar-refractivity contribution >= 4 is 29.6 Å². The maximum absolute atomic E-state index is 11.7. The van der Waals surface area contributed by atoms with Crippen LogP contribution in [0.4, 0.5) is 5.69 Å². The van der Waals surface area contributed by atoms with E-state index in [2.05, 4.69) is 15.3 Å². The first-order valence-electron chi connectivity index (χ1n) is 6.35. The van der Waals surface area contributed by atoms with Gasteiger partial charge in [0.1, 0.15) is 5.75 Å². The molecule has 0 bridgehead atoms. The predicted molar refractivity (Wildman–Crippen MR) is 87.0 cm³/mol. The number of aromatic nitrogens is 1. The van der Waals surface area contributed by atoms with Gasteiger partial charge in [-0.1, -0.05) is 0 Å². The van der Waals surface area contributed by atoms with Gasteiger partial charge in [0.2, 0.25) is 5.91 Å². The fraction of sp³-hybridized carbons (Fsp3) is 0.357. The molecule has 3 N–H and O–H groups in total. The number of nitrogens with zero attached hydrogens (tertiary/aromatic N) is 2. The van der Waals surface area contributed by atoms with Crippen molar-refractivity contribution in [3.63, 3.8) is 0 Å². The third kappa shape index (κ3) is 6.31. The number of pyridine rings is 1. The summed E-state index contributed by atoms with van der Waals surface area (Å²) in [6.07, 6.45) is 7.09. The highest BCUT2D eigenvalue weighted by Crippen LogP contribution is 2.17. The first-order valence-corrected chi connectivity index (χ1v) is 7.74. The molecule has 6 nitrogen and oxygen atoms in total. The fourth-order valence-corrected chi connectivity index (χ4v) is 1.76. The van der Waals surface area contributed by atoms with E-state index in [1.807, 2.05) is 6.26 Å². The number of nitrogens with one attached hydrogen (secondary N) is 1. The molecule has 0 fully saturated rings. The van der Waals surface area contributed by atoms with Crippen molar-refractivity contribution in [3.05, 3.63) is 29.9 Å². The second-order valence-corrected chi connectivity index (χ2v) is 5.21. The van der Waals surface area contributed by atoms with Gasteiger partial charge in [-0.15, -0.1) is 0 Å². The highest BCUT2D eigenvalue weighted by molar-refractivity contribution is 7.98. The van der Waals surface area contributed by atoms with E-state index < -0.39 is 0 Å². The van der Waals surface area contributed by atoms with E-state index in [1.54, 1.807) is 44.3 Å². The van der Waals surface area contributed by atoms with Crippen LogP contribution in [0.1, 0.15) is 13.3 Å². The third-order valence-electron chi connectivity index (χ3n) is 2.51. The summed E-state index contributed by atoms with van der Waals surface area (Å²) in [5, 5.41) is 2.75. The van der Waals surface area contributed by atoms with Crippen LogP contribution in [0.3, 0.4) is 0 Å². The van der Waals surface area contributed by atoms with Gasteiger partial charge in [0.05, 0.1) is 37.1 Å². The van der Waals surface area contributed by atoms with Crippen LogP contribution >= 0.6 is 11.8 Å². The molecule has 1 amide bonds. The number of aliphatic imine (C=N–C) groups is 1. The Morgan fingerprint density at radius 1 is 1.57 bits per heavy atom. The quantitative estimate of drug-likeness (QED) is 0.750. The number of hydrogen-bond donors (Lipinski definition) is 2. The third-order valence-corrected chi connectivity index (χ3v) is 3.12. The molecule has 1 rings (SSSR count). The second-order valence-electron chi connectivity index (χ2n) is 4.23. The average Bonchev–Trinajstić information content (AvgIpc) is 2.49. The standard InChI is InChI=1S/C14H20N4O2S/c1-10(15)13(18-14(19)4-5-21-3)9-17-11-6-12(20-2)8-16-7-11/h6-9H,4-5,15H2,1-3H3,(H,18,19)/b13-10+,17-9?. The van der Waals surface area contributed by atoms with E-state index in [-0.39, 0.29) is 5.91 Å². The Hall–Kier alpha value is -2.02. The van der Waals surface area contributed by atoms with Gasteiger partial charge in [0, 0.05) is 23.9 Å². The second kappa shape index (κ2) is 9.02. The van der Waals surface area contributed by atoms with Crippen LogP contribution in [0, 0.1) is 0 Å². The molecule has 1 aromatic heterocycles. The Labute approximate surface area is 128 Å². The minimum Gasteiger partial charge on any atom is -0.495 e. The van der Waals surface area contributed by atoms with Gasteiger partial charge >= 0.3 is 0 Å². The molecule has 1 aromatic rings. The summed E-state index contributed by atoms with van der Waals surface area (Å²) in [6, 6.07) is 1.74. The Bertz CT molecular complexity index is 540. The van der Waals surface area contributed by atoms with Gasteiger partial charge in [0.15, 0.2) is 0 Å². The lowest BCUT2D eigenvalue weighted by Gasteiger charge is -2.07. The van der Waals surface area contributed by atoms with Crippen molar-refractivity contribution < 1.29 is 9.53 Å². The van der Waals surface area contributed by atoms with Crippen LogP contribution in [0.25, 0.3) is 0 Å². The Morgan fingerprint density at radius 2 is 2.33 bits per heavy atom. The molecule has 7 heteroatoms. The summed E-state index contributed by atoms with van der Waals surface area (Å²) < 4.78 is 5.07. The van der Waals surface area contributed by atoms with Gasteiger partial charge in [-0.3, -0.25) is 14.8 Å². The van der Waals surface area contributed by atoms with Gasteiger partial charge in [-0.25, -0.2) is 0 Å². The van der Waals surface area contributed by atoms with E-state index in [1.165, 1.54) is 6.21 Å². The zero-order valence-electron chi connectivity index (χ0n) is 12.4. The summed E-state index contributed by atoms with van der Waals surface area (Å²) in [5.41, 5.74) is 7.36. The van der Waals surface area contributed by atoms with Gasteiger partial charge in [-0.2, -0.15) is 11.8 Å². The maximum Gasteiger partial charge on any atom is 0.225 e. The minimum absolute atomic E-state index is 0.0839. The molecule has 0 radical (unpaired) electrons. The highest BCUT2D eigenvalue weighted by atomic mass is 32.2. The summed E-state index contributed by atoms with van der Waals surface area (Å²) in [5.74, 6) is 1.29. The Morgan fingerprint density at radius 3 is 2.95 bits per heavy atom. The minimum atomic E-state index is -0.0839. The summed E-state index contributed by atoms with van der Waals surface area (Å²) in [6.45, 7) is 1.71. The molecule has 0 saturated carbocycles. The van der Waals surface area contributed by atoms with Gasteiger partial charge in [0.25, 0.3) is 0 Å². The molecule has 0 atom stereocenters. The van der Waals surface area contributed by atoms with Crippen molar-refractivity contribution in [1.29, 1.82) is 0 Å². The molecule has 1 heterocycles. The molecule has 0 unspecified atom stereocenters. The predicted octanol–water partition coefficient (Wildman–Crippen LogP) is 1.85. The number of ether oxygens (including phenoxy) is 1. The van der Waals surface area contributed by atoms with Crippen LogP contribution in [-0.4, -0.2) is 36.2 Å². The first-order chi connectivity index (χ1) is 10.1. The van der Waals surface area contributed by atoms with Gasteiger partial charge in [-0.05, 0) is 13.2 Å². The SMILES string of the molecule is COc1cncc(N=C/C(NC(=O)CCSC)=C(/C)N)c1. The van der Waals surface area contributed by atoms with E-state index in [0.717, 1.165) is 5.75 Å². The number of hydrogen-bond acceptors (Lipinski definition) is 6. The topological polar surface area (TPSA) is 89.6 Å². The van der Waals surface area contributed by atoms with Crippen molar-refractivity contribution in [1.82, 2.24) is 10.3 Å². The smallest absolute Gasteiger partial charge is 0.225 e. The number of methoxy groups -OCH3 is 1. The highest BCUT2D eigenvalue weighted by Gasteiger charge is 2.04. The lowest BCUT2D eigenvalue weighted by atomic mass is 10.3. The van der Waals surface area contributed by atoms with E-state index >= 15 is 0 Å². The molecule has 21 heavy (non-hydrogen) atoms. The summed E-state index contributed by atoms with van der Waals surface area (Å²) in [4.78, 5) is 20.0. The van der Waals surface area contributed by atoms with Crippen LogP contribution in [0.2, 0.25) is 0 Å². The maximum atomic E-state index is 11.7. The molecule has 0 spiro atoms. The molecule has 0 aliphatic heterocycles. The molecule has 0 aliphatic carbocycles.